The molecule has 2 aromatic rings. The lowest BCUT2D eigenvalue weighted by Crippen LogP contribution is -2.21. The van der Waals surface area contributed by atoms with Gasteiger partial charge in [-0.2, -0.15) is 0 Å². The molecule has 5 nitrogen and oxygen atoms in total. The molecular formula is C12H9ClN2O3. The van der Waals surface area contributed by atoms with E-state index in [0.717, 1.165) is 12.8 Å². The largest absolute Gasteiger partial charge is 0.477 e. The van der Waals surface area contributed by atoms with Crippen LogP contribution in [0.1, 0.15) is 29.2 Å². The van der Waals surface area contributed by atoms with Crippen molar-refractivity contribution in [2.24, 2.45) is 0 Å². The van der Waals surface area contributed by atoms with E-state index in [1.54, 1.807) is 22.9 Å². The summed E-state index contributed by atoms with van der Waals surface area (Å²) >= 11 is 6.07. The lowest BCUT2D eigenvalue weighted by atomic mass is 10.2. The fraction of sp³-hybridized carbons (Fsp3) is 0.250. The van der Waals surface area contributed by atoms with Crippen LogP contribution in [0.25, 0.3) is 11.0 Å². The van der Waals surface area contributed by atoms with Gasteiger partial charge in [0.1, 0.15) is 16.4 Å². The predicted octanol–water partition coefficient (Wildman–Crippen LogP) is 2.08. The third kappa shape index (κ3) is 1.51. The summed E-state index contributed by atoms with van der Waals surface area (Å²) in [7, 11) is 0. The van der Waals surface area contributed by atoms with Crippen LogP contribution in [0.4, 0.5) is 0 Å². The maximum Gasteiger partial charge on any atom is 0.342 e. The van der Waals surface area contributed by atoms with Gasteiger partial charge in [0, 0.05) is 12.2 Å². The number of carboxylic acid groups (broad SMARTS) is 1. The van der Waals surface area contributed by atoms with Crippen LogP contribution in [0, 0.1) is 0 Å². The molecular weight excluding hydrogens is 256 g/mol. The molecule has 0 atom stereocenters. The van der Waals surface area contributed by atoms with Gasteiger partial charge in [-0.15, -0.1) is 0 Å². The second-order valence-electron chi connectivity index (χ2n) is 4.28. The highest BCUT2D eigenvalue weighted by Crippen LogP contribution is 2.39. The number of pyridine rings is 2. The average Bonchev–Trinajstić information content (AvgIpc) is 3.13. The number of hydrogen-bond acceptors (Lipinski definition) is 3. The minimum atomic E-state index is -1.30. The number of carboxylic acids is 1. The van der Waals surface area contributed by atoms with Crippen molar-refractivity contribution in [3.05, 3.63) is 39.3 Å². The Labute approximate surface area is 107 Å². The molecule has 3 rings (SSSR count). The molecule has 1 fully saturated rings. The maximum absolute atomic E-state index is 12.1. The Morgan fingerprint density at radius 3 is 2.83 bits per heavy atom. The SMILES string of the molecule is O=C(O)c1c(Cl)n(C2CC2)c2ncccc2c1=O. The zero-order chi connectivity index (χ0) is 12.9. The third-order valence-corrected chi connectivity index (χ3v) is 3.40. The van der Waals surface area contributed by atoms with Crippen LogP contribution in [0.5, 0.6) is 0 Å². The highest BCUT2D eigenvalue weighted by atomic mass is 35.5. The summed E-state index contributed by atoms with van der Waals surface area (Å²) in [5.74, 6) is -1.30. The molecule has 0 aliphatic heterocycles. The van der Waals surface area contributed by atoms with Crippen molar-refractivity contribution in [2.75, 3.05) is 0 Å². The molecule has 0 saturated heterocycles. The van der Waals surface area contributed by atoms with Crippen molar-refractivity contribution in [1.82, 2.24) is 9.55 Å². The van der Waals surface area contributed by atoms with Gasteiger partial charge in [-0.3, -0.25) is 4.79 Å². The van der Waals surface area contributed by atoms with E-state index in [1.807, 2.05) is 0 Å². The highest BCUT2D eigenvalue weighted by Gasteiger charge is 2.30. The summed E-state index contributed by atoms with van der Waals surface area (Å²) in [5.41, 5.74) is -0.489. The number of fused-ring (bicyclic) bond motifs is 1. The van der Waals surface area contributed by atoms with Crippen LogP contribution < -0.4 is 5.43 Å². The van der Waals surface area contributed by atoms with Gasteiger partial charge in [-0.1, -0.05) is 11.6 Å². The molecule has 2 heterocycles. The Hall–Kier alpha value is -1.88. The molecule has 1 aliphatic rings. The van der Waals surface area contributed by atoms with Crippen molar-refractivity contribution < 1.29 is 9.90 Å². The van der Waals surface area contributed by atoms with Crippen molar-refractivity contribution in [3.8, 4) is 0 Å². The van der Waals surface area contributed by atoms with Crippen LogP contribution in [0.15, 0.2) is 23.1 Å². The monoisotopic (exact) mass is 264 g/mol. The molecule has 0 bridgehead atoms. The molecule has 0 amide bonds. The number of nitrogens with zero attached hydrogens (tertiary/aromatic N) is 2. The van der Waals surface area contributed by atoms with Crippen LogP contribution in [0.2, 0.25) is 5.15 Å². The van der Waals surface area contributed by atoms with Crippen molar-refractivity contribution in [3.63, 3.8) is 0 Å². The lowest BCUT2D eigenvalue weighted by molar-refractivity contribution is 0.0695. The van der Waals surface area contributed by atoms with Gasteiger partial charge in [0.2, 0.25) is 5.43 Å². The molecule has 6 heteroatoms. The fourth-order valence-electron chi connectivity index (χ4n) is 2.06. The van der Waals surface area contributed by atoms with E-state index in [9.17, 15) is 9.59 Å². The first-order chi connectivity index (χ1) is 8.61. The Morgan fingerprint density at radius 1 is 1.50 bits per heavy atom. The predicted molar refractivity (Wildman–Crippen MR) is 66.2 cm³/mol. The Kier molecular flexibility index (Phi) is 2.38. The first-order valence-corrected chi connectivity index (χ1v) is 5.91. The Morgan fingerprint density at radius 2 is 2.22 bits per heavy atom. The first-order valence-electron chi connectivity index (χ1n) is 5.53. The molecule has 2 aromatic heterocycles. The molecule has 1 aliphatic carbocycles. The smallest absolute Gasteiger partial charge is 0.342 e. The summed E-state index contributed by atoms with van der Waals surface area (Å²) < 4.78 is 1.65. The molecule has 18 heavy (non-hydrogen) atoms. The van der Waals surface area contributed by atoms with Gasteiger partial charge in [0.05, 0.1) is 5.39 Å². The molecule has 0 unspecified atom stereocenters. The number of halogens is 1. The summed E-state index contributed by atoms with van der Waals surface area (Å²) in [5, 5.41) is 9.39. The van der Waals surface area contributed by atoms with E-state index in [1.165, 1.54) is 0 Å². The van der Waals surface area contributed by atoms with Gasteiger partial charge in [0.25, 0.3) is 0 Å². The van der Waals surface area contributed by atoms with Gasteiger partial charge >= 0.3 is 5.97 Å². The molecule has 0 radical (unpaired) electrons. The Bertz CT molecular complexity index is 719. The number of aromatic carboxylic acids is 1. The molecule has 1 saturated carbocycles. The van der Waals surface area contributed by atoms with Gasteiger partial charge in [0.15, 0.2) is 0 Å². The number of carbonyl (C=O) groups is 1. The van der Waals surface area contributed by atoms with Crippen molar-refractivity contribution in [1.29, 1.82) is 0 Å². The Balaban J connectivity index is 2.51. The quantitative estimate of drug-likeness (QED) is 0.843. The normalized spacial score (nSPS) is 14.9. The zero-order valence-corrected chi connectivity index (χ0v) is 10.0. The standard InChI is InChI=1S/C12H9ClN2O3/c13-10-8(12(17)18)9(16)7-2-1-5-14-11(7)15(10)6-3-4-6/h1-2,5-6H,3-4H2,(H,17,18). The summed E-state index contributed by atoms with van der Waals surface area (Å²) in [6.07, 6.45) is 3.41. The topological polar surface area (TPSA) is 72.2 Å². The third-order valence-electron chi connectivity index (χ3n) is 3.03. The average molecular weight is 265 g/mol. The van der Waals surface area contributed by atoms with E-state index in [-0.39, 0.29) is 16.8 Å². The van der Waals surface area contributed by atoms with E-state index in [4.69, 9.17) is 16.7 Å². The van der Waals surface area contributed by atoms with Gasteiger partial charge in [-0.05, 0) is 25.0 Å². The van der Waals surface area contributed by atoms with Crippen LogP contribution >= 0.6 is 11.6 Å². The highest BCUT2D eigenvalue weighted by molar-refractivity contribution is 6.33. The molecule has 0 aromatic carbocycles. The van der Waals surface area contributed by atoms with Crippen molar-refractivity contribution in [2.45, 2.75) is 18.9 Å². The van der Waals surface area contributed by atoms with E-state index >= 15 is 0 Å². The number of rotatable bonds is 2. The lowest BCUT2D eigenvalue weighted by Gasteiger charge is -2.13. The van der Waals surface area contributed by atoms with Gasteiger partial charge in [-0.25, -0.2) is 9.78 Å². The maximum atomic E-state index is 12.1. The first kappa shape index (κ1) is 11.2. The van der Waals surface area contributed by atoms with Crippen molar-refractivity contribution >= 4 is 28.6 Å². The zero-order valence-electron chi connectivity index (χ0n) is 9.26. The summed E-state index contributed by atoms with van der Waals surface area (Å²) in [6, 6.07) is 3.33. The second kappa shape index (κ2) is 3.81. The second-order valence-corrected chi connectivity index (χ2v) is 4.63. The molecule has 92 valence electrons. The minimum Gasteiger partial charge on any atom is -0.477 e. The molecule has 1 N–H and O–H groups in total. The number of aromatic nitrogens is 2. The molecule has 0 spiro atoms. The van der Waals surface area contributed by atoms with Crippen LogP contribution in [0.3, 0.4) is 0 Å². The van der Waals surface area contributed by atoms with E-state index in [0.29, 0.717) is 11.0 Å². The number of hydrogen-bond donors (Lipinski definition) is 1. The summed E-state index contributed by atoms with van der Waals surface area (Å²) in [4.78, 5) is 27.4. The van der Waals surface area contributed by atoms with E-state index < -0.39 is 11.4 Å². The minimum absolute atomic E-state index is 0.0267. The van der Waals surface area contributed by atoms with Crippen LogP contribution in [-0.4, -0.2) is 20.6 Å². The van der Waals surface area contributed by atoms with E-state index in [2.05, 4.69) is 4.98 Å². The fourth-order valence-corrected chi connectivity index (χ4v) is 2.44. The van der Waals surface area contributed by atoms with Crippen LogP contribution in [-0.2, 0) is 0 Å². The summed E-state index contributed by atoms with van der Waals surface area (Å²) in [6.45, 7) is 0. The van der Waals surface area contributed by atoms with Gasteiger partial charge < -0.3 is 9.67 Å².